The molecule has 3 rings (SSSR count). The molecule has 1 aliphatic rings. The van der Waals surface area contributed by atoms with Gasteiger partial charge in [0.15, 0.2) is 5.65 Å². The summed E-state index contributed by atoms with van der Waals surface area (Å²) in [6.45, 7) is 0. The molecule has 0 fully saturated rings. The van der Waals surface area contributed by atoms with E-state index in [2.05, 4.69) is 10.1 Å². The molecule has 0 bridgehead atoms. The Balaban J connectivity index is 2.28. The van der Waals surface area contributed by atoms with E-state index in [-0.39, 0.29) is 5.88 Å². The number of aryl methyl sites for hydroxylation is 1. The van der Waals surface area contributed by atoms with E-state index < -0.39 is 0 Å². The highest BCUT2D eigenvalue weighted by Gasteiger charge is 2.16. The fourth-order valence-corrected chi connectivity index (χ4v) is 2.24. The predicted octanol–water partition coefficient (Wildman–Crippen LogP) is 1.70. The fourth-order valence-electron chi connectivity index (χ4n) is 2.24. The van der Waals surface area contributed by atoms with Gasteiger partial charge in [-0.1, -0.05) is 6.42 Å². The van der Waals surface area contributed by atoms with Gasteiger partial charge in [0, 0.05) is 11.6 Å². The SMILES string of the molecule is Oc1c2c(nc3ccnn13)CCCCC2. The molecule has 0 aliphatic heterocycles. The number of hydrogen-bond acceptors (Lipinski definition) is 3. The lowest BCUT2D eigenvalue weighted by Crippen LogP contribution is -2.02. The second kappa shape index (κ2) is 3.22. The molecule has 0 spiro atoms. The van der Waals surface area contributed by atoms with Crippen LogP contribution in [-0.2, 0) is 12.8 Å². The van der Waals surface area contributed by atoms with Crippen LogP contribution in [0.2, 0.25) is 0 Å². The topological polar surface area (TPSA) is 50.4 Å². The Morgan fingerprint density at radius 2 is 2.07 bits per heavy atom. The lowest BCUT2D eigenvalue weighted by Gasteiger charge is -2.08. The maximum absolute atomic E-state index is 10.1. The van der Waals surface area contributed by atoms with Crippen molar-refractivity contribution in [1.82, 2.24) is 14.6 Å². The summed E-state index contributed by atoms with van der Waals surface area (Å²) in [5.74, 6) is 0.280. The van der Waals surface area contributed by atoms with Gasteiger partial charge >= 0.3 is 0 Å². The van der Waals surface area contributed by atoms with E-state index in [1.165, 1.54) is 17.4 Å². The molecule has 0 aromatic carbocycles. The first kappa shape index (κ1) is 8.71. The molecule has 0 saturated carbocycles. The zero-order valence-corrected chi connectivity index (χ0v) is 8.48. The van der Waals surface area contributed by atoms with Crippen molar-refractivity contribution >= 4 is 5.65 Å². The lowest BCUT2D eigenvalue weighted by molar-refractivity contribution is 0.426. The summed E-state index contributed by atoms with van der Waals surface area (Å²) in [6.07, 6.45) is 7.09. The fraction of sp³-hybridized carbons (Fsp3) is 0.455. The van der Waals surface area contributed by atoms with Crippen LogP contribution < -0.4 is 0 Å². The molecule has 1 N–H and O–H groups in total. The van der Waals surface area contributed by atoms with Gasteiger partial charge in [0.2, 0.25) is 5.88 Å². The lowest BCUT2D eigenvalue weighted by atomic mass is 10.1. The molecule has 2 aromatic rings. The van der Waals surface area contributed by atoms with Crippen LogP contribution in [-0.4, -0.2) is 19.7 Å². The van der Waals surface area contributed by atoms with Crippen molar-refractivity contribution in [2.45, 2.75) is 32.1 Å². The minimum atomic E-state index is 0.280. The van der Waals surface area contributed by atoms with Crippen molar-refractivity contribution in [3.63, 3.8) is 0 Å². The van der Waals surface area contributed by atoms with E-state index in [0.717, 1.165) is 36.2 Å². The number of rotatable bonds is 0. The third-order valence-corrected chi connectivity index (χ3v) is 3.03. The summed E-state index contributed by atoms with van der Waals surface area (Å²) in [5, 5.41) is 14.1. The highest BCUT2D eigenvalue weighted by Crippen LogP contribution is 2.27. The number of aromatic hydroxyl groups is 1. The Morgan fingerprint density at radius 3 is 3.00 bits per heavy atom. The average Bonchev–Trinajstić information content (AvgIpc) is 2.56. The van der Waals surface area contributed by atoms with Gasteiger partial charge in [-0.3, -0.25) is 0 Å². The molecule has 1 aliphatic carbocycles. The van der Waals surface area contributed by atoms with Gasteiger partial charge in [-0.05, 0) is 25.7 Å². The highest BCUT2D eigenvalue weighted by atomic mass is 16.3. The van der Waals surface area contributed by atoms with Crippen LogP contribution in [0, 0.1) is 0 Å². The molecule has 15 heavy (non-hydrogen) atoms. The zero-order chi connectivity index (χ0) is 10.3. The number of hydrogen-bond donors (Lipinski definition) is 1. The van der Waals surface area contributed by atoms with Gasteiger partial charge in [-0.2, -0.15) is 9.61 Å². The third-order valence-electron chi connectivity index (χ3n) is 3.03. The number of fused-ring (bicyclic) bond motifs is 2. The van der Waals surface area contributed by atoms with Crippen LogP contribution in [0.4, 0.5) is 0 Å². The average molecular weight is 203 g/mol. The molecule has 4 nitrogen and oxygen atoms in total. The van der Waals surface area contributed by atoms with E-state index in [9.17, 15) is 5.11 Å². The molecule has 2 aromatic heterocycles. The Kier molecular flexibility index (Phi) is 1.87. The van der Waals surface area contributed by atoms with Crippen LogP contribution in [0.1, 0.15) is 30.5 Å². The van der Waals surface area contributed by atoms with Gasteiger partial charge in [-0.15, -0.1) is 0 Å². The normalized spacial score (nSPS) is 16.3. The first-order valence-corrected chi connectivity index (χ1v) is 5.41. The summed E-state index contributed by atoms with van der Waals surface area (Å²) >= 11 is 0. The van der Waals surface area contributed by atoms with E-state index in [0.29, 0.717) is 0 Å². The minimum Gasteiger partial charge on any atom is -0.493 e. The van der Waals surface area contributed by atoms with Crippen LogP contribution in [0.25, 0.3) is 5.65 Å². The van der Waals surface area contributed by atoms with Crippen LogP contribution in [0.5, 0.6) is 5.88 Å². The van der Waals surface area contributed by atoms with Gasteiger partial charge in [-0.25, -0.2) is 4.98 Å². The van der Waals surface area contributed by atoms with Gasteiger partial charge < -0.3 is 5.11 Å². The summed E-state index contributed by atoms with van der Waals surface area (Å²) in [6, 6.07) is 1.82. The summed E-state index contributed by atoms with van der Waals surface area (Å²) in [5.41, 5.74) is 2.79. The number of aromatic nitrogens is 3. The summed E-state index contributed by atoms with van der Waals surface area (Å²) in [7, 11) is 0. The molecule has 2 heterocycles. The Hall–Kier alpha value is -1.58. The Morgan fingerprint density at radius 1 is 1.20 bits per heavy atom. The largest absolute Gasteiger partial charge is 0.493 e. The van der Waals surface area contributed by atoms with Crippen molar-refractivity contribution in [3.8, 4) is 5.88 Å². The van der Waals surface area contributed by atoms with Crippen molar-refractivity contribution in [2.24, 2.45) is 0 Å². The molecule has 0 unspecified atom stereocenters. The van der Waals surface area contributed by atoms with E-state index in [1.54, 1.807) is 6.20 Å². The van der Waals surface area contributed by atoms with Crippen LogP contribution in [0.15, 0.2) is 12.3 Å². The Bertz CT molecular complexity index is 504. The van der Waals surface area contributed by atoms with Crippen molar-refractivity contribution in [3.05, 3.63) is 23.5 Å². The molecule has 0 amide bonds. The van der Waals surface area contributed by atoms with Crippen molar-refractivity contribution < 1.29 is 5.11 Å². The second-order valence-corrected chi connectivity index (χ2v) is 4.02. The summed E-state index contributed by atoms with van der Waals surface area (Å²) < 4.78 is 1.52. The smallest absolute Gasteiger partial charge is 0.219 e. The third kappa shape index (κ3) is 1.28. The molecule has 4 heteroatoms. The quantitative estimate of drug-likeness (QED) is 0.663. The molecular weight excluding hydrogens is 190 g/mol. The molecule has 0 radical (unpaired) electrons. The van der Waals surface area contributed by atoms with E-state index in [1.807, 2.05) is 6.07 Å². The number of nitrogens with zero attached hydrogens (tertiary/aromatic N) is 3. The first-order chi connectivity index (χ1) is 7.36. The standard InChI is InChI=1S/C11H13N3O/c15-11-8-4-2-1-3-5-9(8)13-10-6-7-12-14(10)11/h6-7,15H,1-5H2. The maximum Gasteiger partial charge on any atom is 0.219 e. The van der Waals surface area contributed by atoms with Crippen LogP contribution in [0.3, 0.4) is 0 Å². The summed E-state index contributed by atoms with van der Waals surface area (Å²) in [4.78, 5) is 4.54. The molecule has 78 valence electrons. The Labute approximate surface area is 87.6 Å². The van der Waals surface area contributed by atoms with Crippen LogP contribution >= 0.6 is 0 Å². The molecule has 0 saturated heterocycles. The predicted molar refractivity (Wildman–Crippen MR) is 55.9 cm³/mol. The minimum absolute atomic E-state index is 0.280. The first-order valence-electron chi connectivity index (χ1n) is 5.41. The van der Waals surface area contributed by atoms with E-state index in [4.69, 9.17) is 0 Å². The van der Waals surface area contributed by atoms with Gasteiger partial charge in [0.1, 0.15) is 0 Å². The molecule has 0 atom stereocenters. The van der Waals surface area contributed by atoms with Crippen molar-refractivity contribution in [1.29, 1.82) is 0 Å². The zero-order valence-electron chi connectivity index (χ0n) is 8.48. The van der Waals surface area contributed by atoms with E-state index >= 15 is 0 Å². The molecular formula is C11H13N3O. The maximum atomic E-state index is 10.1. The monoisotopic (exact) mass is 203 g/mol. The van der Waals surface area contributed by atoms with Crippen molar-refractivity contribution in [2.75, 3.05) is 0 Å². The second-order valence-electron chi connectivity index (χ2n) is 4.02. The van der Waals surface area contributed by atoms with Gasteiger partial charge in [0.25, 0.3) is 0 Å². The van der Waals surface area contributed by atoms with Gasteiger partial charge in [0.05, 0.1) is 11.9 Å². The highest BCUT2D eigenvalue weighted by molar-refractivity contribution is 5.45.